The predicted octanol–water partition coefficient (Wildman–Crippen LogP) is 0.851. The molecule has 8 nitrogen and oxygen atoms in total. The van der Waals surface area contributed by atoms with Crippen molar-refractivity contribution in [3.63, 3.8) is 0 Å². The molecule has 2 N–H and O–H groups in total. The standard InChI is InChI=1S/C15H20O8/c1-8(2)14(20)22-5-6-23-15(21)9-3-4-10(12(16)17)11(7-9)13(18)19/h9-11H,1,3-7H2,2H3,(H,16,17)(H,18,19). The van der Waals surface area contributed by atoms with Crippen LogP contribution in [-0.4, -0.2) is 47.3 Å². The van der Waals surface area contributed by atoms with Crippen molar-refractivity contribution >= 4 is 23.9 Å². The average molecular weight is 328 g/mol. The number of carboxylic acid groups (broad SMARTS) is 2. The fourth-order valence-corrected chi connectivity index (χ4v) is 2.47. The van der Waals surface area contributed by atoms with Crippen LogP contribution in [0.2, 0.25) is 0 Å². The molecule has 1 rings (SSSR count). The van der Waals surface area contributed by atoms with Crippen LogP contribution < -0.4 is 0 Å². The quantitative estimate of drug-likeness (QED) is 0.400. The van der Waals surface area contributed by atoms with E-state index in [1.165, 1.54) is 6.92 Å². The van der Waals surface area contributed by atoms with Gasteiger partial charge >= 0.3 is 23.9 Å². The van der Waals surface area contributed by atoms with Gasteiger partial charge in [-0.25, -0.2) is 4.79 Å². The van der Waals surface area contributed by atoms with Crippen molar-refractivity contribution in [3.8, 4) is 0 Å². The second-order valence-corrected chi connectivity index (χ2v) is 5.48. The summed E-state index contributed by atoms with van der Waals surface area (Å²) >= 11 is 0. The smallest absolute Gasteiger partial charge is 0.333 e. The van der Waals surface area contributed by atoms with Crippen LogP contribution in [0.4, 0.5) is 0 Å². The largest absolute Gasteiger partial charge is 0.481 e. The molecule has 128 valence electrons. The first-order chi connectivity index (χ1) is 10.7. The fourth-order valence-electron chi connectivity index (χ4n) is 2.47. The Hall–Kier alpha value is -2.38. The summed E-state index contributed by atoms with van der Waals surface area (Å²) in [6, 6.07) is 0. The number of carboxylic acids is 2. The lowest BCUT2D eigenvalue weighted by Crippen LogP contribution is -2.38. The molecule has 0 aromatic rings. The van der Waals surface area contributed by atoms with Crippen LogP contribution in [0.3, 0.4) is 0 Å². The Balaban J connectivity index is 2.45. The summed E-state index contributed by atoms with van der Waals surface area (Å²) in [5.74, 6) is -6.36. The van der Waals surface area contributed by atoms with Gasteiger partial charge in [-0.3, -0.25) is 14.4 Å². The molecule has 0 aromatic carbocycles. The van der Waals surface area contributed by atoms with Gasteiger partial charge in [0.15, 0.2) is 0 Å². The average Bonchev–Trinajstić information content (AvgIpc) is 2.50. The molecule has 3 atom stereocenters. The molecule has 3 unspecified atom stereocenters. The monoisotopic (exact) mass is 328 g/mol. The Morgan fingerprint density at radius 1 is 1.00 bits per heavy atom. The SMILES string of the molecule is C=C(C)C(=O)OCCOC(=O)C1CCC(C(=O)O)C(C(=O)O)C1. The topological polar surface area (TPSA) is 127 Å². The Kier molecular flexibility index (Phi) is 6.74. The van der Waals surface area contributed by atoms with Crippen LogP contribution >= 0.6 is 0 Å². The Morgan fingerprint density at radius 3 is 2.09 bits per heavy atom. The molecule has 0 bridgehead atoms. The number of ether oxygens (including phenoxy) is 2. The lowest BCUT2D eigenvalue weighted by Gasteiger charge is -2.30. The molecule has 0 aliphatic heterocycles. The van der Waals surface area contributed by atoms with Crippen molar-refractivity contribution in [1.82, 2.24) is 0 Å². The predicted molar refractivity (Wildman–Crippen MR) is 76.3 cm³/mol. The molecule has 1 saturated carbocycles. The lowest BCUT2D eigenvalue weighted by molar-refractivity contribution is -0.162. The number of aliphatic carboxylic acids is 2. The molecule has 0 radical (unpaired) electrons. The number of carbonyl (C=O) groups is 4. The van der Waals surface area contributed by atoms with Gasteiger partial charge in [0.2, 0.25) is 0 Å². The normalized spacial score (nSPS) is 23.6. The molecule has 0 spiro atoms. The molecule has 1 aliphatic carbocycles. The summed E-state index contributed by atoms with van der Waals surface area (Å²) in [6.45, 7) is 4.62. The zero-order valence-corrected chi connectivity index (χ0v) is 12.8. The van der Waals surface area contributed by atoms with Crippen LogP contribution in [0.1, 0.15) is 26.2 Å². The maximum absolute atomic E-state index is 11.9. The summed E-state index contributed by atoms with van der Waals surface area (Å²) < 4.78 is 9.71. The molecular weight excluding hydrogens is 308 g/mol. The van der Waals surface area contributed by atoms with E-state index in [9.17, 15) is 19.2 Å². The minimum Gasteiger partial charge on any atom is -0.481 e. The van der Waals surface area contributed by atoms with Gasteiger partial charge in [0.1, 0.15) is 13.2 Å². The highest BCUT2D eigenvalue weighted by molar-refractivity contribution is 5.87. The van der Waals surface area contributed by atoms with Crippen LogP contribution in [0.15, 0.2) is 12.2 Å². The first-order valence-electron chi connectivity index (χ1n) is 7.19. The van der Waals surface area contributed by atoms with E-state index in [1.54, 1.807) is 0 Å². The molecule has 23 heavy (non-hydrogen) atoms. The third-order valence-electron chi connectivity index (χ3n) is 3.73. The minimum absolute atomic E-state index is 0.0727. The van der Waals surface area contributed by atoms with Gasteiger partial charge in [-0.15, -0.1) is 0 Å². The van der Waals surface area contributed by atoms with Crippen molar-refractivity contribution in [3.05, 3.63) is 12.2 Å². The van der Waals surface area contributed by atoms with E-state index in [1.807, 2.05) is 0 Å². The molecule has 0 amide bonds. The molecular formula is C15H20O8. The van der Waals surface area contributed by atoms with Crippen molar-refractivity contribution < 1.29 is 38.9 Å². The van der Waals surface area contributed by atoms with Gasteiger partial charge in [0.25, 0.3) is 0 Å². The van der Waals surface area contributed by atoms with E-state index in [0.29, 0.717) is 0 Å². The zero-order chi connectivity index (χ0) is 17.6. The number of hydrogen-bond acceptors (Lipinski definition) is 6. The molecule has 1 aliphatic rings. The summed E-state index contributed by atoms with van der Waals surface area (Å²) in [5, 5.41) is 18.1. The third kappa shape index (κ3) is 5.39. The molecule has 1 fully saturated rings. The second-order valence-electron chi connectivity index (χ2n) is 5.48. The van der Waals surface area contributed by atoms with Gasteiger partial charge in [0, 0.05) is 5.57 Å². The fraction of sp³-hybridized carbons (Fsp3) is 0.600. The first-order valence-corrected chi connectivity index (χ1v) is 7.19. The Labute approximate surface area is 133 Å². The van der Waals surface area contributed by atoms with E-state index in [4.69, 9.17) is 19.7 Å². The first kappa shape index (κ1) is 18.7. The third-order valence-corrected chi connectivity index (χ3v) is 3.73. The molecule has 8 heteroatoms. The lowest BCUT2D eigenvalue weighted by atomic mass is 9.74. The second kappa shape index (κ2) is 8.30. The highest BCUT2D eigenvalue weighted by Crippen LogP contribution is 2.35. The maximum Gasteiger partial charge on any atom is 0.333 e. The van der Waals surface area contributed by atoms with Crippen molar-refractivity contribution in [2.45, 2.75) is 26.2 Å². The van der Waals surface area contributed by atoms with Gasteiger partial charge in [-0.2, -0.15) is 0 Å². The molecule has 0 saturated heterocycles. The zero-order valence-electron chi connectivity index (χ0n) is 12.8. The van der Waals surface area contributed by atoms with E-state index >= 15 is 0 Å². The van der Waals surface area contributed by atoms with Gasteiger partial charge in [0.05, 0.1) is 17.8 Å². The van der Waals surface area contributed by atoms with E-state index < -0.39 is 41.6 Å². The Bertz CT molecular complexity index is 510. The van der Waals surface area contributed by atoms with Crippen LogP contribution in [0.25, 0.3) is 0 Å². The number of rotatable bonds is 7. The minimum atomic E-state index is -1.23. The summed E-state index contributed by atoms with van der Waals surface area (Å²) in [4.78, 5) is 45.2. The van der Waals surface area contributed by atoms with Crippen molar-refractivity contribution in [1.29, 1.82) is 0 Å². The van der Waals surface area contributed by atoms with Gasteiger partial charge in [-0.1, -0.05) is 6.58 Å². The Morgan fingerprint density at radius 2 is 1.57 bits per heavy atom. The number of carbonyl (C=O) groups excluding carboxylic acids is 2. The molecule has 0 aromatic heterocycles. The summed E-state index contributed by atoms with van der Waals surface area (Å²) in [6.07, 6.45) is 0.290. The van der Waals surface area contributed by atoms with E-state index in [2.05, 4.69) is 6.58 Å². The molecule has 0 heterocycles. The summed E-state index contributed by atoms with van der Waals surface area (Å²) in [5.41, 5.74) is 0.229. The summed E-state index contributed by atoms with van der Waals surface area (Å²) in [7, 11) is 0. The maximum atomic E-state index is 11.9. The van der Waals surface area contributed by atoms with Crippen LogP contribution in [-0.2, 0) is 28.7 Å². The van der Waals surface area contributed by atoms with E-state index in [-0.39, 0.29) is 38.0 Å². The van der Waals surface area contributed by atoms with Crippen LogP contribution in [0, 0.1) is 17.8 Å². The van der Waals surface area contributed by atoms with E-state index in [0.717, 1.165) is 0 Å². The van der Waals surface area contributed by atoms with Gasteiger partial charge in [-0.05, 0) is 26.2 Å². The van der Waals surface area contributed by atoms with Gasteiger partial charge < -0.3 is 19.7 Å². The van der Waals surface area contributed by atoms with Crippen molar-refractivity contribution in [2.75, 3.05) is 13.2 Å². The van der Waals surface area contributed by atoms with Crippen LogP contribution in [0.5, 0.6) is 0 Å². The number of esters is 2. The van der Waals surface area contributed by atoms with Crippen molar-refractivity contribution in [2.24, 2.45) is 17.8 Å². The number of hydrogen-bond donors (Lipinski definition) is 2. The highest BCUT2D eigenvalue weighted by Gasteiger charge is 2.42. The highest BCUT2D eigenvalue weighted by atomic mass is 16.6.